The lowest BCUT2D eigenvalue weighted by atomic mass is 10.2. The summed E-state index contributed by atoms with van der Waals surface area (Å²) in [5.74, 6) is 1.40. The highest BCUT2D eigenvalue weighted by Gasteiger charge is 2.27. The highest BCUT2D eigenvalue weighted by Crippen LogP contribution is 2.30. The molecule has 1 aliphatic carbocycles. The number of amides is 1. The van der Waals surface area contributed by atoms with Crippen molar-refractivity contribution in [3.05, 3.63) is 41.8 Å². The number of carbonyl (C=O) groups excluding carboxylic acids is 1. The van der Waals surface area contributed by atoms with Gasteiger partial charge in [0.1, 0.15) is 9.96 Å². The van der Waals surface area contributed by atoms with Gasteiger partial charge in [0.05, 0.1) is 5.69 Å². The normalized spacial score (nSPS) is 17.7. The zero-order valence-electron chi connectivity index (χ0n) is 17.1. The van der Waals surface area contributed by atoms with Crippen molar-refractivity contribution in [2.24, 2.45) is 5.92 Å². The van der Waals surface area contributed by atoms with Crippen LogP contribution in [0.3, 0.4) is 0 Å². The van der Waals surface area contributed by atoms with E-state index in [0.29, 0.717) is 15.6 Å². The van der Waals surface area contributed by atoms with Gasteiger partial charge in [0.2, 0.25) is 0 Å². The minimum atomic E-state index is -3.56. The number of benzene rings is 1. The van der Waals surface area contributed by atoms with Gasteiger partial charge in [-0.1, -0.05) is 6.07 Å². The van der Waals surface area contributed by atoms with E-state index in [4.69, 9.17) is 4.74 Å². The van der Waals surface area contributed by atoms with E-state index in [-0.39, 0.29) is 12.5 Å². The SMILES string of the molecule is CN(c1ccc(OCC(=O)N2CCN(CC3CC3)CC2)cc1)S(=O)(=O)c1cccs1. The van der Waals surface area contributed by atoms with Gasteiger partial charge < -0.3 is 9.64 Å². The van der Waals surface area contributed by atoms with E-state index in [1.54, 1.807) is 41.8 Å². The topological polar surface area (TPSA) is 70.2 Å². The van der Waals surface area contributed by atoms with Crippen LogP contribution >= 0.6 is 11.3 Å². The van der Waals surface area contributed by atoms with Gasteiger partial charge in [0.15, 0.2) is 6.61 Å². The fraction of sp³-hybridized carbons (Fsp3) is 0.476. The summed E-state index contributed by atoms with van der Waals surface area (Å²) >= 11 is 1.19. The third-order valence-electron chi connectivity index (χ3n) is 5.61. The predicted molar refractivity (Wildman–Crippen MR) is 118 cm³/mol. The van der Waals surface area contributed by atoms with Crippen LogP contribution in [-0.2, 0) is 14.8 Å². The van der Waals surface area contributed by atoms with E-state index in [1.807, 2.05) is 4.90 Å². The first-order valence-corrected chi connectivity index (χ1v) is 12.5. The van der Waals surface area contributed by atoms with Crippen LogP contribution in [0.25, 0.3) is 0 Å². The van der Waals surface area contributed by atoms with Gasteiger partial charge in [0, 0.05) is 39.8 Å². The molecule has 0 bridgehead atoms. The van der Waals surface area contributed by atoms with E-state index in [2.05, 4.69) is 4.90 Å². The maximum Gasteiger partial charge on any atom is 0.273 e. The molecule has 1 saturated carbocycles. The Morgan fingerprint density at radius 2 is 1.83 bits per heavy atom. The fourth-order valence-corrected chi connectivity index (χ4v) is 5.87. The molecule has 2 heterocycles. The summed E-state index contributed by atoms with van der Waals surface area (Å²) in [7, 11) is -2.04. The molecule has 0 radical (unpaired) electrons. The first-order chi connectivity index (χ1) is 14.4. The van der Waals surface area contributed by atoms with Crippen LogP contribution < -0.4 is 9.04 Å². The number of hydrogen-bond acceptors (Lipinski definition) is 6. The van der Waals surface area contributed by atoms with E-state index in [9.17, 15) is 13.2 Å². The number of rotatable bonds is 8. The number of hydrogen-bond donors (Lipinski definition) is 0. The van der Waals surface area contributed by atoms with Gasteiger partial charge in [-0.25, -0.2) is 8.42 Å². The quantitative estimate of drug-likeness (QED) is 0.619. The first kappa shape index (κ1) is 21.1. The Bertz CT molecular complexity index is 949. The summed E-state index contributed by atoms with van der Waals surface area (Å²) in [6.07, 6.45) is 2.70. The lowest BCUT2D eigenvalue weighted by Gasteiger charge is -2.34. The zero-order valence-corrected chi connectivity index (χ0v) is 18.7. The van der Waals surface area contributed by atoms with E-state index >= 15 is 0 Å². The molecule has 30 heavy (non-hydrogen) atoms. The van der Waals surface area contributed by atoms with Crippen molar-refractivity contribution in [2.75, 3.05) is 50.7 Å². The predicted octanol–water partition coefficient (Wildman–Crippen LogP) is 2.51. The van der Waals surface area contributed by atoms with Crippen LogP contribution in [0.2, 0.25) is 0 Å². The van der Waals surface area contributed by atoms with Crippen molar-refractivity contribution in [3.63, 3.8) is 0 Å². The van der Waals surface area contributed by atoms with Gasteiger partial charge in [0.25, 0.3) is 15.9 Å². The first-order valence-electron chi connectivity index (χ1n) is 10.2. The summed E-state index contributed by atoms with van der Waals surface area (Å²) < 4.78 is 32.4. The van der Waals surface area contributed by atoms with Crippen molar-refractivity contribution in [2.45, 2.75) is 17.1 Å². The maximum atomic E-state index is 12.6. The summed E-state index contributed by atoms with van der Waals surface area (Å²) in [6, 6.07) is 10.0. The van der Waals surface area contributed by atoms with Crippen LogP contribution in [0, 0.1) is 5.92 Å². The van der Waals surface area contributed by atoms with Crippen LogP contribution in [0.4, 0.5) is 5.69 Å². The number of anilines is 1. The molecule has 1 aliphatic heterocycles. The lowest BCUT2D eigenvalue weighted by Crippen LogP contribution is -2.50. The van der Waals surface area contributed by atoms with Crippen LogP contribution in [0.5, 0.6) is 5.75 Å². The Hall–Kier alpha value is -2.10. The fourth-order valence-electron chi connectivity index (χ4n) is 3.52. The second-order valence-corrected chi connectivity index (χ2v) is 11.0. The molecule has 0 unspecified atom stereocenters. The number of ether oxygens (including phenoxy) is 1. The molecule has 4 rings (SSSR count). The monoisotopic (exact) mass is 449 g/mol. The summed E-state index contributed by atoms with van der Waals surface area (Å²) in [5, 5.41) is 1.74. The van der Waals surface area contributed by atoms with Gasteiger partial charge in [-0.3, -0.25) is 14.0 Å². The molecule has 2 aliphatic rings. The molecule has 7 nitrogen and oxygen atoms in total. The molecule has 2 fully saturated rings. The third-order valence-corrected chi connectivity index (χ3v) is 8.77. The number of carbonyl (C=O) groups is 1. The largest absolute Gasteiger partial charge is 0.484 e. The Balaban J connectivity index is 1.27. The Labute approximate surface area is 181 Å². The number of piperazine rings is 1. The molecule has 2 aromatic rings. The molecule has 1 aromatic heterocycles. The second kappa shape index (κ2) is 8.95. The third kappa shape index (κ3) is 4.96. The number of nitrogens with zero attached hydrogens (tertiary/aromatic N) is 3. The maximum absolute atomic E-state index is 12.6. The van der Waals surface area contributed by atoms with Gasteiger partial charge in [-0.05, 0) is 54.5 Å². The molecular formula is C21H27N3O4S2. The standard InChI is InChI=1S/C21H27N3O4S2/c1-22(30(26,27)21-3-2-14-29-21)18-6-8-19(9-7-18)28-16-20(25)24-12-10-23(11-13-24)15-17-4-5-17/h2-3,6-9,14,17H,4-5,10-13,15-16H2,1H3. The lowest BCUT2D eigenvalue weighted by molar-refractivity contribution is -0.135. The summed E-state index contributed by atoms with van der Waals surface area (Å²) in [4.78, 5) is 16.8. The van der Waals surface area contributed by atoms with Crippen LogP contribution in [0.1, 0.15) is 12.8 Å². The highest BCUT2D eigenvalue weighted by atomic mass is 32.2. The molecule has 162 valence electrons. The van der Waals surface area contributed by atoms with Crippen LogP contribution in [-0.4, -0.2) is 70.5 Å². The Morgan fingerprint density at radius 3 is 2.43 bits per heavy atom. The Kier molecular flexibility index (Phi) is 6.31. The average Bonchev–Trinajstić information content (AvgIpc) is 3.39. The summed E-state index contributed by atoms with van der Waals surface area (Å²) in [5.41, 5.74) is 0.536. The zero-order chi connectivity index (χ0) is 21.1. The van der Waals surface area contributed by atoms with Crippen molar-refractivity contribution in [1.82, 2.24) is 9.80 Å². The van der Waals surface area contributed by atoms with Gasteiger partial charge in [-0.15, -0.1) is 11.3 Å². The number of thiophene rings is 1. The minimum Gasteiger partial charge on any atom is -0.484 e. The molecular weight excluding hydrogens is 422 g/mol. The number of sulfonamides is 1. The van der Waals surface area contributed by atoms with Gasteiger partial charge in [-0.2, -0.15) is 0 Å². The second-order valence-electron chi connectivity index (χ2n) is 7.81. The van der Waals surface area contributed by atoms with E-state index in [0.717, 1.165) is 32.1 Å². The van der Waals surface area contributed by atoms with E-state index < -0.39 is 10.0 Å². The molecule has 1 aromatic carbocycles. The van der Waals surface area contributed by atoms with Crippen molar-refractivity contribution in [3.8, 4) is 5.75 Å². The highest BCUT2D eigenvalue weighted by molar-refractivity contribution is 7.94. The molecule has 9 heteroatoms. The van der Waals surface area contributed by atoms with Crippen molar-refractivity contribution < 1.29 is 17.9 Å². The van der Waals surface area contributed by atoms with Crippen molar-refractivity contribution >= 4 is 33.0 Å². The molecule has 1 saturated heterocycles. The van der Waals surface area contributed by atoms with Crippen molar-refractivity contribution in [1.29, 1.82) is 0 Å². The minimum absolute atomic E-state index is 0.00863. The molecule has 0 spiro atoms. The van der Waals surface area contributed by atoms with E-state index in [1.165, 1.54) is 42.1 Å². The molecule has 0 N–H and O–H groups in total. The van der Waals surface area contributed by atoms with Crippen LogP contribution in [0.15, 0.2) is 46.0 Å². The Morgan fingerprint density at radius 1 is 1.13 bits per heavy atom. The smallest absolute Gasteiger partial charge is 0.273 e. The average molecular weight is 450 g/mol. The van der Waals surface area contributed by atoms with Gasteiger partial charge >= 0.3 is 0 Å². The molecule has 0 atom stereocenters. The molecule has 1 amide bonds. The summed E-state index contributed by atoms with van der Waals surface area (Å²) in [6.45, 7) is 4.52.